The number of benzene rings is 1. The van der Waals surface area contributed by atoms with Crippen molar-refractivity contribution in [3.05, 3.63) is 70.8 Å². The number of ether oxygens (including phenoxy) is 1. The molecule has 1 fully saturated rings. The highest BCUT2D eigenvalue weighted by Gasteiger charge is 2.20. The summed E-state index contributed by atoms with van der Waals surface area (Å²) in [4.78, 5) is 22.6. The maximum atomic E-state index is 12.7. The molecule has 1 aliphatic heterocycles. The van der Waals surface area contributed by atoms with Crippen LogP contribution in [0.2, 0.25) is 0 Å². The molecule has 4 aromatic rings. The second kappa shape index (κ2) is 8.01. The Hall–Kier alpha value is -3.03. The minimum atomic E-state index is -0.140. The van der Waals surface area contributed by atoms with Crippen molar-refractivity contribution in [1.82, 2.24) is 15.3 Å². The lowest BCUT2D eigenvalue weighted by Gasteiger charge is -2.12. The Labute approximate surface area is 177 Å². The summed E-state index contributed by atoms with van der Waals surface area (Å²) in [7, 11) is 0. The van der Waals surface area contributed by atoms with E-state index in [0.29, 0.717) is 24.8 Å². The van der Waals surface area contributed by atoms with Gasteiger partial charge in [-0.15, -0.1) is 11.3 Å². The van der Waals surface area contributed by atoms with Crippen molar-refractivity contribution in [3.8, 4) is 11.3 Å². The molecule has 3 aromatic heterocycles. The number of amides is 1. The molecule has 6 nitrogen and oxygen atoms in total. The number of hydrogen-bond donors (Lipinski definition) is 1. The van der Waals surface area contributed by atoms with Gasteiger partial charge in [-0.1, -0.05) is 24.3 Å². The van der Waals surface area contributed by atoms with E-state index in [9.17, 15) is 4.79 Å². The first-order chi connectivity index (χ1) is 14.7. The van der Waals surface area contributed by atoms with Crippen LogP contribution in [0.3, 0.4) is 0 Å². The van der Waals surface area contributed by atoms with Crippen molar-refractivity contribution in [3.63, 3.8) is 0 Å². The number of nitrogens with one attached hydrogen (secondary N) is 1. The summed E-state index contributed by atoms with van der Waals surface area (Å²) in [6.45, 7) is 3.09. The lowest BCUT2D eigenvalue weighted by atomic mass is 10.0. The van der Waals surface area contributed by atoms with Crippen LogP contribution >= 0.6 is 11.3 Å². The molecule has 0 spiro atoms. The average Bonchev–Trinajstić information content (AvgIpc) is 3.50. The lowest BCUT2D eigenvalue weighted by Crippen LogP contribution is -2.35. The number of fused-ring (bicyclic) bond motifs is 1. The molecule has 1 aromatic carbocycles. The fourth-order valence-electron chi connectivity index (χ4n) is 3.70. The SMILES string of the molecule is Cc1nc(-c2ccc(Cc3cc(C(=O)N[C@H]4CCOC4)nc4sccc34)cc2)co1. The summed E-state index contributed by atoms with van der Waals surface area (Å²) in [6, 6.07) is 12.3. The molecule has 1 aliphatic rings. The van der Waals surface area contributed by atoms with Crippen molar-refractivity contribution >= 4 is 27.5 Å². The molecule has 0 saturated carbocycles. The topological polar surface area (TPSA) is 77.2 Å². The monoisotopic (exact) mass is 419 g/mol. The number of oxazole rings is 1. The number of carbonyl (C=O) groups is 1. The molecule has 7 heteroatoms. The number of aromatic nitrogens is 2. The van der Waals surface area contributed by atoms with Gasteiger partial charge >= 0.3 is 0 Å². The summed E-state index contributed by atoms with van der Waals surface area (Å²) in [5.74, 6) is 0.513. The molecule has 152 valence electrons. The van der Waals surface area contributed by atoms with E-state index < -0.39 is 0 Å². The Morgan fingerprint density at radius 2 is 2.10 bits per heavy atom. The van der Waals surface area contributed by atoms with Crippen LogP contribution in [0.1, 0.15) is 33.9 Å². The van der Waals surface area contributed by atoms with Crippen molar-refractivity contribution in [1.29, 1.82) is 0 Å². The summed E-state index contributed by atoms with van der Waals surface area (Å²) < 4.78 is 10.7. The summed E-state index contributed by atoms with van der Waals surface area (Å²) >= 11 is 1.55. The molecule has 1 N–H and O–H groups in total. The van der Waals surface area contributed by atoms with Crippen LogP contribution in [0.25, 0.3) is 21.5 Å². The highest BCUT2D eigenvalue weighted by Crippen LogP contribution is 2.27. The number of hydrogen-bond acceptors (Lipinski definition) is 6. The summed E-state index contributed by atoms with van der Waals surface area (Å²) in [6.07, 6.45) is 3.24. The van der Waals surface area contributed by atoms with Crippen LogP contribution in [0.4, 0.5) is 0 Å². The van der Waals surface area contributed by atoms with Gasteiger partial charge in [0, 0.05) is 24.5 Å². The predicted octanol–water partition coefficient (Wildman–Crippen LogP) is 4.37. The largest absolute Gasteiger partial charge is 0.449 e. The van der Waals surface area contributed by atoms with E-state index in [2.05, 4.69) is 33.5 Å². The first kappa shape index (κ1) is 19.0. The van der Waals surface area contributed by atoms with Gasteiger partial charge in [0.2, 0.25) is 0 Å². The quantitative estimate of drug-likeness (QED) is 0.520. The van der Waals surface area contributed by atoms with Gasteiger partial charge in [0.1, 0.15) is 22.5 Å². The number of rotatable bonds is 5. The van der Waals surface area contributed by atoms with Crippen LogP contribution in [-0.2, 0) is 11.2 Å². The van der Waals surface area contributed by atoms with Crippen molar-refractivity contribution in [2.24, 2.45) is 0 Å². The summed E-state index contributed by atoms with van der Waals surface area (Å²) in [5, 5.41) is 6.15. The number of thiophene rings is 1. The molecule has 1 atom stereocenters. The minimum Gasteiger partial charge on any atom is -0.449 e. The van der Waals surface area contributed by atoms with Crippen molar-refractivity contribution < 1.29 is 13.9 Å². The normalized spacial score (nSPS) is 16.2. The Bertz CT molecular complexity index is 1190. The zero-order chi connectivity index (χ0) is 20.5. The van der Waals surface area contributed by atoms with Gasteiger partial charge < -0.3 is 14.5 Å². The van der Waals surface area contributed by atoms with E-state index in [-0.39, 0.29) is 11.9 Å². The van der Waals surface area contributed by atoms with Crippen LogP contribution in [0, 0.1) is 6.92 Å². The fraction of sp³-hybridized carbons (Fsp3) is 0.261. The van der Waals surface area contributed by atoms with Gasteiger partial charge in [-0.25, -0.2) is 9.97 Å². The Balaban J connectivity index is 1.40. The van der Waals surface area contributed by atoms with Gasteiger partial charge in [-0.2, -0.15) is 0 Å². The van der Waals surface area contributed by atoms with Gasteiger partial charge in [0.15, 0.2) is 5.89 Å². The molecule has 1 saturated heterocycles. The van der Waals surface area contributed by atoms with Gasteiger partial charge in [-0.3, -0.25) is 4.79 Å². The van der Waals surface area contributed by atoms with Crippen LogP contribution in [-0.4, -0.2) is 35.1 Å². The zero-order valence-electron chi connectivity index (χ0n) is 16.6. The standard InChI is InChI=1S/C23H21N3O3S/c1-14-24-21(13-29-14)16-4-2-15(3-5-16)10-17-11-20(26-23-19(17)7-9-30-23)22(27)25-18-6-8-28-12-18/h2-5,7,9,11,13,18H,6,8,10,12H2,1H3,(H,25,27)/t18-/m0/s1. The highest BCUT2D eigenvalue weighted by molar-refractivity contribution is 7.16. The number of aryl methyl sites for hydroxylation is 1. The third-order valence-corrected chi connectivity index (χ3v) is 6.09. The van der Waals surface area contributed by atoms with Gasteiger partial charge in [-0.05, 0) is 41.5 Å². The Morgan fingerprint density at radius 3 is 2.83 bits per heavy atom. The fourth-order valence-corrected chi connectivity index (χ4v) is 4.51. The maximum absolute atomic E-state index is 12.7. The minimum absolute atomic E-state index is 0.0643. The zero-order valence-corrected chi connectivity index (χ0v) is 17.4. The average molecular weight is 420 g/mol. The predicted molar refractivity (Wildman–Crippen MR) is 116 cm³/mol. The third-order valence-electron chi connectivity index (χ3n) is 5.28. The number of nitrogens with zero attached hydrogens (tertiary/aromatic N) is 2. The van der Waals surface area contributed by atoms with E-state index >= 15 is 0 Å². The number of pyridine rings is 1. The van der Waals surface area contributed by atoms with E-state index in [0.717, 1.165) is 45.4 Å². The van der Waals surface area contributed by atoms with E-state index in [1.807, 2.05) is 30.5 Å². The van der Waals surface area contributed by atoms with E-state index in [4.69, 9.17) is 9.15 Å². The first-order valence-corrected chi connectivity index (χ1v) is 10.8. The molecule has 30 heavy (non-hydrogen) atoms. The second-order valence-corrected chi connectivity index (χ2v) is 8.36. The molecule has 0 bridgehead atoms. The molecular formula is C23H21N3O3S. The molecule has 0 aliphatic carbocycles. The van der Waals surface area contributed by atoms with Crippen LogP contribution in [0.5, 0.6) is 0 Å². The molecule has 0 radical (unpaired) electrons. The molecule has 4 heterocycles. The lowest BCUT2D eigenvalue weighted by molar-refractivity contribution is 0.0925. The smallest absolute Gasteiger partial charge is 0.270 e. The van der Waals surface area contributed by atoms with Crippen molar-refractivity contribution in [2.75, 3.05) is 13.2 Å². The molecule has 5 rings (SSSR count). The number of carbonyl (C=O) groups excluding carboxylic acids is 1. The summed E-state index contributed by atoms with van der Waals surface area (Å²) in [5.41, 5.74) is 4.57. The third kappa shape index (κ3) is 3.86. The Kier molecular flexibility index (Phi) is 5.06. The maximum Gasteiger partial charge on any atom is 0.270 e. The van der Waals surface area contributed by atoms with Gasteiger partial charge in [0.05, 0.1) is 12.6 Å². The van der Waals surface area contributed by atoms with E-state index in [1.54, 1.807) is 17.6 Å². The molecular weight excluding hydrogens is 398 g/mol. The second-order valence-electron chi connectivity index (χ2n) is 7.47. The van der Waals surface area contributed by atoms with E-state index in [1.165, 1.54) is 0 Å². The van der Waals surface area contributed by atoms with Crippen LogP contribution < -0.4 is 5.32 Å². The first-order valence-electron chi connectivity index (χ1n) is 9.93. The van der Waals surface area contributed by atoms with Gasteiger partial charge in [0.25, 0.3) is 5.91 Å². The van der Waals surface area contributed by atoms with Crippen molar-refractivity contribution in [2.45, 2.75) is 25.8 Å². The molecule has 1 amide bonds. The van der Waals surface area contributed by atoms with Crippen LogP contribution in [0.15, 0.2) is 52.5 Å². The molecule has 0 unspecified atom stereocenters. The Morgan fingerprint density at radius 1 is 1.23 bits per heavy atom. The highest BCUT2D eigenvalue weighted by atomic mass is 32.1.